The Labute approximate surface area is 112 Å². The molecule has 20 heavy (non-hydrogen) atoms. The van der Waals surface area contributed by atoms with E-state index < -0.39 is 23.9 Å². The minimum absolute atomic E-state index is 0.0881. The van der Waals surface area contributed by atoms with Crippen LogP contribution in [-0.2, 0) is 10.9 Å². The van der Waals surface area contributed by atoms with Gasteiger partial charge < -0.3 is 4.74 Å². The number of nitrogens with one attached hydrogen (secondary N) is 2. The maximum atomic E-state index is 12.4. The molecule has 2 N–H and O–H groups in total. The fourth-order valence-electron chi connectivity index (χ4n) is 1.30. The number of aromatic nitrogens is 1. The van der Waals surface area contributed by atoms with Gasteiger partial charge in [0, 0.05) is 0 Å². The summed E-state index contributed by atoms with van der Waals surface area (Å²) in [6.45, 7) is 2.95. The average Bonchev–Trinajstić information content (AvgIpc) is 2.35. The maximum Gasteiger partial charge on any atom is 0.433 e. The predicted molar refractivity (Wildman–Crippen MR) is 61.6 cm³/mol. The molecule has 1 aromatic rings. The van der Waals surface area contributed by atoms with Crippen molar-refractivity contribution in [1.82, 2.24) is 15.8 Å². The first-order valence-electron chi connectivity index (χ1n) is 5.53. The van der Waals surface area contributed by atoms with Gasteiger partial charge >= 0.3 is 12.3 Å². The highest BCUT2D eigenvalue weighted by molar-refractivity contribution is 5.95. The van der Waals surface area contributed by atoms with Gasteiger partial charge in [-0.1, -0.05) is 0 Å². The number of rotatable bonds is 2. The summed E-state index contributed by atoms with van der Waals surface area (Å²) in [5.41, 5.74) is 2.65. The van der Waals surface area contributed by atoms with E-state index >= 15 is 0 Å². The Hall–Kier alpha value is -2.32. The first kappa shape index (κ1) is 15.7. The van der Waals surface area contributed by atoms with Gasteiger partial charge in [-0.2, -0.15) is 13.2 Å². The summed E-state index contributed by atoms with van der Waals surface area (Å²) in [6, 6.07) is 1.67. The Morgan fingerprint density at radius 1 is 1.30 bits per heavy atom. The van der Waals surface area contributed by atoms with Crippen molar-refractivity contribution in [1.29, 1.82) is 0 Å². The van der Waals surface area contributed by atoms with Crippen molar-refractivity contribution in [3.8, 4) is 0 Å². The van der Waals surface area contributed by atoms with Crippen LogP contribution in [0.3, 0.4) is 0 Å². The Bertz CT molecular complexity index is 517. The van der Waals surface area contributed by atoms with Crippen LogP contribution in [0.2, 0.25) is 0 Å². The van der Waals surface area contributed by atoms with Crippen molar-refractivity contribution in [3.05, 3.63) is 29.1 Å². The van der Waals surface area contributed by atoms with E-state index in [4.69, 9.17) is 0 Å². The first-order chi connectivity index (χ1) is 9.25. The van der Waals surface area contributed by atoms with E-state index in [1.165, 1.54) is 6.92 Å². The second kappa shape index (κ2) is 6.22. The SMILES string of the molecule is CCOC(=O)NNC(=O)c1ccc(C(F)(F)F)nc1C. The highest BCUT2D eigenvalue weighted by Crippen LogP contribution is 2.28. The minimum atomic E-state index is -4.58. The van der Waals surface area contributed by atoms with E-state index in [2.05, 4.69) is 9.72 Å². The normalized spacial score (nSPS) is 10.8. The molecule has 9 heteroatoms. The number of aryl methyl sites for hydroxylation is 1. The molecule has 110 valence electrons. The van der Waals surface area contributed by atoms with E-state index in [9.17, 15) is 22.8 Å². The fourth-order valence-corrected chi connectivity index (χ4v) is 1.30. The second-order valence-electron chi connectivity index (χ2n) is 3.63. The summed E-state index contributed by atoms with van der Waals surface area (Å²) in [5.74, 6) is -0.795. The Kier molecular flexibility index (Phi) is 4.89. The summed E-state index contributed by atoms with van der Waals surface area (Å²) in [5, 5.41) is 0. The first-order valence-corrected chi connectivity index (χ1v) is 5.53. The largest absolute Gasteiger partial charge is 0.449 e. The monoisotopic (exact) mass is 291 g/mol. The molecular weight excluding hydrogens is 279 g/mol. The van der Waals surface area contributed by atoms with Crippen LogP contribution in [-0.4, -0.2) is 23.6 Å². The van der Waals surface area contributed by atoms with Crippen molar-refractivity contribution in [3.63, 3.8) is 0 Å². The number of ether oxygens (including phenoxy) is 1. The highest BCUT2D eigenvalue weighted by Gasteiger charge is 2.33. The van der Waals surface area contributed by atoms with E-state index in [0.29, 0.717) is 6.07 Å². The van der Waals surface area contributed by atoms with Crippen LogP contribution < -0.4 is 10.9 Å². The van der Waals surface area contributed by atoms with Gasteiger partial charge in [0.1, 0.15) is 5.69 Å². The minimum Gasteiger partial charge on any atom is -0.449 e. The number of halogens is 3. The number of hydrogen-bond acceptors (Lipinski definition) is 4. The zero-order chi connectivity index (χ0) is 15.3. The molecule has 0 spiro atoms. The maximum absolute atomic E-state index is 12.4. The number of pyridine rings is 1. The number of alkyl halides is 3. The third kappa shape index (κ3) is 4.11. The highest BCUT2D eigenvalue weighted by atomic mass is 19.4. The molecule has 0 saturated heterocycles. The van der Waals surface area contributed by atoms with Crippen LogP contribution in [0.15, 0.2) is 12.1 Å². The van der Waals surface area contributed by atoms with Crippen molar-refractivity contribution in [2.24, 2.45) is 0 Å². The number of hydrogen-bond donors (Lipinski definition) is 2. The van der Waals surface area contributed by atoms with Gasteiger partial charge in [0.25, 0.3) is 5.91 Å². The molecule has 1 rings (SSSR count). The molecular formula is C11H12F3N3O3. The van der Waals surface area contributed by atoms with Crippen molar-refractivity contribution in [2.45, 2.75) is 20.0 Å². The average molecular weight is 291 g/mol. The summed E-state index contributed by atoms with van der Waals surface area (Å²) in [4.78, 5) is 25.9. The zero-order valence-corrected chi connectivity index (χ0v) is 10.7. The molecule has 0 aromatic carbocycles. The summed E-state index contributed by atoms with van der Waals surface area (Å²) >= 11 is 0. The van der Waals surface area contributed by atoms with Crippen LogP contribution in [0.25, 0.3) is 0 Å². The van der Waals surface area contributed by atoms with Crippen LogP contribution in [0.1, 0.15) is 28.7 Å². The lowest BCUT2D eigenvalue weighted by molar-refractivity contribution is -0.141. The van der Waals surface area contributed by atoms with Crippen molar-refractivity contribution < 1.29 is 27.5 Å². The van der Waals surface area contributed by atoms with Crippen LogP contribution in [0.4, 0.5) is 18.0 Å². The molecule has 1 heterocycles. The lowest BCUT2D eigenvalue weighted by Crippen LogP contribution is -2.42. The van der Waals surface area contributed by atoms with Gasteiger partial charge in [-0.15, -0.1) is 0 Å². The van der Waals surface area contributed by atoms with E-state index in [1.807, 2.05) is 10.9 Å². The van der Waals surface area contributed by atoms with Gasteiger partial charge in [0.15, 0.2) is 0 Å². The summed E-state index contributed by atoms with van der Waals surface area (Å²) < 4.78 is 41.7. The number of amides is 2. The quantitative estimate of drug-likeness (QED) is 0.814. The van der Waals surface area contributed by atoms with E-state index in [1.54, 1.807) is 6.92 Å². The molecule has 0 aliphatic carbocycles. The molecule has 0 radical (unpaired) electrons. The van der Waals surface area contributed by atoms with Crippen LogP contribution in [0, 0.1) is 6.92 Å². The molecule has 1 aromatic heterocycles. The smallest absolute Gasteiger partial charge is 0.433 e. The van der Waals surface area contributed by atoms with Crippen molar-refractivity contribution in [2.75, 3.05) is 6.61 Å². The van der Waals surface area contributed by atoms with E-state index in [-0.39, 0.29) is 17.9 Å². The molecule has 0 aliphatic heterocycles. The third-order valence-corrected chi connectivity index (χ3v) is 2.17. The third-order valence-electron chi connectivity index (χ3n) is 2.17. The van der Waals surface area contributed by atoms with Gasteiger partial charge in [0.05, 0.1) is 17.9 Å². The van der Waals surface area contributed by atoms with Crippen LogP contribution in [0.5, 0.6) is 0 Å². The Morgan fingerprint density at radius 3 is 2.45 bits per heavy atom. The molecule has 2 amide bonds. The fraction of sp³-hybridized carbons (Fsp3) is 0.364. The molecule has 0 fully saturated rings. The molecule has 0 atom stereocenters. The molecule has 0 aliphatic rings. The molecule has 6 nitrogen and oxygen atoms in total. The summed E-state index contributed by atoms with van der Waals surface area (Å²) in [6.07, 6.45) is -5.46. The topological polar surface area (TPSA) is 80.3 Å². The number of hydrazine groups is 1. The van der Waals surface area contributed by atoms with Gasteiger partial charge in [-0.3, -0.25) is 10.2 Å². The van der Waals surface area contributed by atoms with Gasteiger partial charge in [0.2, 0.25) is 0 Å². The number of carbonyl (C=O) groups is 2. The second-order valence-corrected chi connectivity index (χ2v) is 3.63. The number of carbonyl (C=O) groups excluding carboxylic acids is 2. The van der Waals surface area contributed by atoms with Gasteiger partial charge in [-0.05, 0) is 26.0 Å². The number of nitrogens with zero attached hydrogens (tertiary/aromatic N) is 1. The lowest BCUT2D eigenvalue weighted by atomic mass is 10.1. The van der Waals surface area contributed by atoms with Crippen LogP contribution >= 0.6 is 0 Å². The predicted octanol–water partition coefficient (Wildman–Crippen LogP) is 1.80. The lowest BCUT2D eigenvalue weighted by Gasteiger charge is -2.11. The van der Waals surface area contributed by atoms with Crippen molar-refractivity contribution >= 4 is 12.0 Å². The molecule has 0 bridgehead atoms. The Balaban J connectivity index is 2.77. The Morgan fingerprint density at radius 2 is 1.95 bits per heavy atom. The standard InChI is InChI=1S/C11H12F3N3O3/c1-3-20-10(19)17-16-9(18)7-4-5-8(11(12,13)14)15-6(7)2/h4-5H,3H2,1-2H3,(H,16,18)(H,17,19). The van der Waals surface area contributed by atoms with E-state index in [0.717, 1.165) is 6.07 Å². The molecule has 0 saturated carbocycles. The molecule has 0 unspecified atom stereocenters. The van der Waals surface area contributed by atoms with Gasteiger partial charge in [-0.25, -0.2) is 15.2 Å². The zero-order valence-electron chi connectivity index (χ0n) is 10.7. The summed E-state index contributed by atoms with van der Waals surface area (Å²) in [7, 11) is 0.